The highest BCUT2D eigenvalue weighted by Crippen LogP contribution is 2.38. The Morgan fingerprint density at radius 1 is 0.718 bits per heavy atom. The Balaban J connectivity index is 1.28. The van der Waals surface area contributed by atoms with E-state index in [1.54, 1.807) is 20.4 Å². The number of aromatic nitrogens is 3. The molecule has 0 bridgehead atoms. The second-order valence-electron chi connectivity index (χ2n) is 8.73. The molecule has 0 saturated carbocycles. The molecule has 0 aliphatic carbocycles. The summed E-state index contributed by atoms with van der Waals surface area (Å²) < 4.78 is 17.2. The van der Waals surface area contributed by atoms with Gasteiger partial charge in [-0.15, -0.1) is 10.2 Å². The molecule has 0 atom stereocenters. The first-order chi connectivity index (χ1) is 19.1. The lowest BCUT2D eigenvalue weighted by atomic mass is 10.0. The van der Waals surface area contributed by atoms with Gasteiger partial charge in [0.2, 0.25) is 0 Å². The summed E-state index contributed by atoms with van der Waals surface area (Å²) in [6.45, 7) is 0. The molecule has 6 aromatic rings. The van der Waals surface area contributed by atoms with E-state index in [9.17, 15) is 0 Å². The molecular weight excluding hydrogens is 512 g/mol. The summed E-state index contributed by atoms with van der Waals surface area (Å²) in [6, 6.07) is 28.8. The molecule has 6 rings (SSSR count). The van der Waals surface area contributed by atoms with Crippen LogP contribution in [0.15, 0.2) is 97.2 Å². The van der Waals surface area contributed by atoms with E-state index in [1.807, 2.05) is 91.0 Å². The number of ether oxygens (including phenoxy) is 3. The molecule has 0 saturated heterocycles. The van der Waals surface area contributed by atoms with Crippen LogP contribution in [0, 0.1) is 0 Å². The molecule has 0 spiro atoms. The third-order valence-corrected chi connectivity index (χ3v) is 6.60. The molecule has 0 unspecified atom stereocenters. The van der Waals surface area contributed by atoms with Gasteiger partial charge in [-0.1, -0.05) is 48.0 Å². The van der Waals surface area contributed by atoms with Gasteiger partial charge in [0.1, 0.15) is 28.7 Å². The van der Waals surface area contributed by atoms with Crippen LogP contribution in [0.3, 0.4) is 0 Å². The van der Waals surface area contributed by atoms with Crippen LogP contribution in [0.2, 0.25) is 5.02 Å². The van der Waals surface area contributed by atoms with Crippen molar-refractivity contribution in [3.8, 4) is 34.3 Å². The van der Waals surface area contributed by atoms with E-state index in [2.05, 4.69) is 20.5 Å². The topological polar surface area (TPSA) is 78.4 Å². The van der Waals surface area contributed by atoms with Crippen molar-refractivity contribution < 1.29 is 14.2 Å². The number of pyridine rings is 1. The number of nitrogens with zero attached hydrogens (tertiary/aromatic N) is 3. The number of fused-ring (bicyclic) bond motifs is 2. The SMILES string of the molecule is COc1cc(OC)c2c(Oc3ccc(Nc4nnc(-c5ccc(Cl)cc5)c5ccccc45)cc3)ccnc2c1. The Kier molecular flexibility index (Phi) is 6.57. The zero-order valence-corrected chi connectivity index (χ0v) is 21.9. The summed E-state index contributed by atoms with van der Waals surface area (Å²) in [5.41, 5.74) is 3.32. The molecule has 0 amide bonds. The van der Waals surface area contributed by atoms with Crippen molar-refractivity contribution in [3.05, 3.63) is 102 Å². The summed E-state index contributed by atoms with van der Waals surface area (Å²) in [7, 11) is 3.22. The maximum Gasteiger partial charge on any atom is 0.161 e. The molecule has 8 heteroatoms. The second-order valence-corrected chi connectivity index (χ2v) is 9.17. The standard InChI is InChI=1S/C31H23ClN4O3/c1-37-23-17-26-29(28(18-23)38-2)27(15-16-33-26)39-22-13-11-21(12-14-22)34-31-25-6-4-3-5-24(25)30(35-36-31)19-7-9-20(32)10-8-19/h3-18H,1-2H3,(H,34,36). The fourth-order valence-corrected chi connectivity index (χ4v) is 4.57. The molecule has 2 heterocycles. The van der Waals surface area contributed by atoms with Crippen LogP contribution in [-0.4, -0.2) is 29.4 Å². The molecule has 0 radical (unpaired) electrons. The summed E-state index contributed by atoms with van der Waals surface area (Å²) in [5, 5.41) is 15.8. The van der Waals surface area contributed by atoms with Gasteiger partial charge in [0.25, 0.3) is 0 Å². The predicted octanol–water partition coefficient (Wildman–Crippen LogP) is 8.05. The van der Waals surface area contributed by atoms with Crippen molar-refractivity contribution in [2.24, 2.45) is 0 Å². The van der Waals surface area contributed by atoms with Crippen molar-refractivity contribution in [2.45, 2.75) is 0 Å². The van der Waals surface area contributed by atoms with E-state index in [0.717, 1.165) is 38.6 Å². The maximum absolute atomic E-state index is 6.23. The Morgan fingerprint density at radius 2 is 1.49 bits per heavy atom. The fourth-order valence-electron chi connectivity index (χ4n) is 4.45. The highest BCUT2D eigenvalue weighted by Gasteiger charge is 2.14. The first kappa shape index (κ1) is 24.5. The van der Waals surface area contributed by atoms with E-state index >= 15 is 0 Å². The highest BCUT2D eigenvalue weighted by atomic mass is 35.5. The molecule has 4 aromatic carbocycles. The van der Waals surface area contributed by atoms with Crippen molar-refractivity contribution in [1.29, 1.82) is 0 Å². The minimum absolute atomic E-state index is 0.623. The number of halogens is 1. The molecule has 7 nitrogen and oxygen atoms in total. The second kappa shape index (κ2) is 10.5. The minimum Gasteiger partial charge on any atom is -0.497 e. The number of hydrogen-bond acceptors (Lipinski definition) is 7. The van der Waals surface area contributed by atoms with Gasteiger partial charge in [-0.25, -0.2) is 0 Å². The van der Waals surface area contributed by atoms with E-state index < -0.39 is 0 Å². The summed E-state index contributed by atoms with van der Waals surface area (Å²) >= 11 is 6.07. The van der Waals surface area contributed by atoms with Gasteiger partial charge in [0, 0.05) is 45.4 Å². The lowest BCUT2D eigenvalue weighted by molar-refractivity contribution is 0.396. The normalized spacial score (nSPS) is 10.9. The number of anilines is 2. The molecular formula is C31H23ClN4O3. The molecule has 39 heavy (non-hydrogen) atoms. The van der Waals surface area contributed by atoms with E-state index in [-0.39, 0.29) is 0 Å². The third kappa shape index (κ3) is 4.87. The van der Waals surface area contributed by atoms with Gasteiger partial charge >= 0.3 is 0 Å². The largest absolute Gasteiger partial charge is 0.497 e. The van der Waals surface area contributed by atoms with Crippen molar-refractivity contribution in [1.82, 2.24) is 15.2 Å². The molecule has 0 aliphatic rings. The lowest BCUT2D eigenvalue weighted by Crippen LogP contribution is -1.99. The first-order valence-corrected chi connectivity index (χ1v) is 12.6. The number of benzene rings is 4. The molecule has 0 aliphatic heterocycles. The fraction of sp³-hybridized carbons (Fsp3) is 0.0645. The van der Waals surface area contributed by atoms with E-state index in [4.69, 9.17) is 25.8 Å². The average molecular weight is 535 g/mol. The van der Waals surface area contributed by atoms with Gasteiger partial charge in [-0.3, -0.25) is 4.98 Å². The minimum atomic E-state index is 0.623. The van der Waals surface area contributed by atoms with Crippen molar-refractivity contribution in [3.63, 3.8) is 0 Å². The third-order valence-electron chi connectivity index (χ3n) is 6.35. The zero-order chi connectivity index (χ0) is 26.8. The number of methoxy groups -OCH3 is 2. The van der Waals surface area contributed by atoms with Crippen molar-refractivity contribution >= 4 is 44.8 Å². The molecule has 0 fully saturated rings. The Morgan fingerprint density at radius 3 is 2.23 bits per heavy atom. The van der Waals surface area contributed by atoms with Gasteiger partial charge in [0.15, 0.2) is 5.82 Å². The maximum atomic E-state index is 6.23. The smallest absolute Gasteiger partial charge is 0.161 e. The summed E-state index contributed by atoms with van der Waals surface area (Å²) in [6.07, 6.45) is 1.70. The van der Waals surface area contributed by atoms with Crippen LogP contribution in [0.4, 0.5) is 11.5 Å². The van der Waals surface area contributed by atoms with Gasteiger partial charge in [-0.05, 0) is 42.5 Å². The number of rotatable bonds is 7. The van der Waals surface area contributed by atoms with Crippen LogP contribution in [-0.2, 0) is 0 Å². The lowest BCUT2D eigenvalue weighted by Gasteiger charge is -2.14. The van der Waals surface area contributed by atoms with Crippen LogP contribution >= 0.6 is 11.6 Å². The predicted molar refractivity (Wildman–Crippen MR) is 155 cm³/mol. The van der Waals surface area contributed by atoms with E-state index in [1.165, 1.54) is 0 Å². The van der Waals surface area contributed by atoms with Gasteiger partial charge < -0.3 is 19.5 Å². The Hall–Kier alpha value is -4.88. The molecule has 192 valence electrons. The van der Waals surface area contributed by atoms with Crippen LogP contribution < -0.4 is 19.5 Å². The van der Waals surface area contributed by atoms with Gasteiger partial charge in [0.05, 0.1) is 25.1 Å². The van der Waals surface area contributed by atoms with E-state index in [0.29, 0.717) is 33.8 Å². The molecule has 1 N–H and O–H groups in total. The van der Waals surface area contributed by atoms with Crippen LogP contribution in [0.25, 0.3) is 32.9 Å². The monoisotopic (exact) mass is 534 g/mol. The number of hydrogen-bond donors (Lipinski definition) is 1. The van der Waals surface area contributed by atoms with Crippen molar-refractivity contribution in [2.75, 3.05) is 19.5 Å². The Bertz CT molecular complexity index is 1790. The average Bonchev–Trinajstić information content (AvgIpc) is 2.98. The zero-order valence-electron chi connectivity index (χ0n) is 21.2. The molecule has 2 aromatic heterocycles. The van der Waals surface area contributed by atoms with Gasteiger partial charge in [-0.2, -0.15) is 0 Å². The number of nitrogens with one attached hydrogen (secondary N) is 1. The quantitative estimate of drug-likeness (QED) is 0.222. The highest BCUT2D eigenvalue weighted by molar-refractivity contribution is 6.30. The van der Waals surface area contributed by atoms with Crippen LogP contribution in [0.1, 0.15) is 0 Å². The Labute approximate surface area is 230 Å². The van der Waals surface area contributed by atoms with Crippen LogP contribution in [0.5, 0.6) is 23.0 Å². The summed E-state index contributed by atoms with van der Waals surface area (Å²) in [4.78, 5) is 4.45. The summed E-state index contributed by atoms with van der Waals surface area (Å²) in [5.74, 6) is 3.25. The first-order valence-electron chi connectivity index (χ1n) is 12.2.